The number of ether oxygens (including phenoxy) is 1. The summed E-state index contributed by atoms with van der Waals surface area (Å²) in [6.07, 6.45) is 5.25. The lowest BCUT2D eigenvalue weighted by atomic mass is 10.2. The SMILES string of the molecule is C=CCOc1ccncc1CNC. The van der Waals surface area contributed by atoms with Crippen molar-refractivity contribution in [2.45, 2.75) is 6.54 Å². The molecule has 0 aromatic carbocycles. The van der Waals surface area contributed by atoms with Gasteiger partial charge in [0.2, 0.25) is 0 Å². The minimum Gasteiger partial charge on any atom is -0.489 e. The Morgan fingerprint density at radius 3 is 3.23 bits per heavy atom. The molecule has 1 aromatic rings. The molecular formula is C10H14N2O. The van der Waals surface area contributed by atoms with Gasteiger partial charge in [0, 0.05) is 24.5 Å². The van der Waals surface area contributed by atoms with Crippen molar-refractivity contribution < 1.29 is 4.74 Å². The highest BCUT2D eigenvalue weighted by Crippen LogP contribution is 2.15. The largest absolute Gasteiger partial charge is 0.489 e. The second-order valence-electron chi connectivity index (χ2n) is 2.61. The highest BCUT2D eigenvalue weighted by molar-refractivity contribution is 5.29. The Kier molecular flexibility index (Phi) is 3.99. The highest BCUT2D eigenvalue weighted by Gasteiger charge is 2.00. The fourth-order valence-corrected chi connectivity index (χ4v) is 1.03. The fourth-order valence-electron chi connectivity index (χ4n) is 1.03. The third kappa shape index (κ3) is 2.87. The monoisotopic (exact) mass is 178 g/mol. The van der Waals surface area contributed by atoms with Crippen LogP contribution in [0.4, 0.5) is 0 Å². The second-order valence-corrected chi connectivity index (χ2v) is 2.61. The van der Waals surface area contributed by atoms with Gasteiger partial charge in [-0.25, -0.2) is 0 Å². The predicted octanol–water partition coefficient (Wildman–Crippen LogP) is 1.37. The Morgan fingerprint density at radius 2 is 2.54 bits per heavy atom. The topological polar surface area (TPSA) is 34.1 Å². The molecule has 0 aliphatic carbocycles. The molecule has 70 valence electrons. The smallest absolute Gasteiger partial charge is 0.127 e. The zero-order chi connectivity index (χ0) is 9.52. The number of nitrogens with zero attached hydrogens (tertiary/aromatic N) is 1. The number of nitrogens with one attached hydrogen (secondary N) is 1. The molecule has 1 N–H and O–H groups in total. The summed E-state index contributed by atoms with van der Waals surface area (Å²) in [5.41, 5.74) is 1.06. The maximum atomic E-state index is 5.44. The zero-order valence-electron chi connectivity index (χ0n) is 7.79. The van der Waals surface area contributed by atoms with Gasteiger partial charge in [0.15, 0.2) is 0 Å². The van der Waals surface area contributed by atoms with E-state index >= 15 is 0 Å². The van der Waals surface area contributed by atoms with Gasteiger partial charge in [-0.05, 0) is 13.1 Å². The van der Waals surface area contributed by atoms with Crippen molar-refractivity contribution in [3.8, 4) is 5.75 Å². The van der Waals surface area contributed by atoms with E-state index in [4.69, 9.17) is 4.74 Å². The maximum Gasteiger partial charge on any atom is 0.127 e. The molecule has 0 fully saturated rings. The molecule has 1 heterocycles. The maximum absolute atomic E-state index is 5.44. The second kappa shape index (κ2) is 5.32. The van der Waals surface area contributed by atoms with Crippen molar-refractivity contribution in [1.82, 2.24) is 10.3 Å². The fraction of sp³-hybridized carbons (Fsp3) is 0.300. The van der Waals surface area contributed by atoms with E-state index in [1.54, 1.807) is 18.5 Å². The van der Waals surface area contributed by atoms with E-state index in [2.05, 4.69) is 16.9 Å². The first-order chi connectivity index (χ1) is 6.38. The van der Waals surface area contributed by atoms with Crippen molar-refractivity contribution >= 4 is 0 Å². The lowest BCUT2D eigenvalue weighted by Crippen LogP contribution is -2.07. The lowest BCUT2D eigenvalue weighted by Gasteiger charge is -2.08. The molecule has 0 saturated carbocycles. The van der Waals surface area contributed by atoms with E-state index in [-0.39, 0.29) is 0 Å². The van der Waals surface area contributed by atoms with E-state index in [9.17, 15) is 0 Å². The Bertz CT molecular complexity index is 273. The summed E-state index contributed by atoms with van der Waals surface area (Å²) in [7, 11) is 1.89. The van der Waals surface area contributed by atoms with Gasteiger partial charge in [0.05, 0.1) is 0 Å². The summed E-state index contributed by atoms with van der Waals surface area (Å²) in [5.74, 6) is 0.865. The predicted molar refractivity (Wildman–Crippen MR) is 52.7 cm³/mol. The van der Waals surface area contributed by atoms with Gasteiger partial charge >= 0.3 is 0 Å². The molecule has 0 aliphatic heterocycles. The third-order valence-electron chi connectivity index (χ3n) is 1.58. The summed E-state index contributed by atoms with van der Waals surface area (Å²) in [6, 6.07) is 1.86. The van der Waals surface area contributed by atoms with Crippen LogP contribution in [0.2, 0.25) is 0 Å². The summed E-state index contributed by atoms with van der Waals surface area (Å²) in [6.45, 7) is 4.89. The molecular weight excluding hydrogens is 164 g/mol. The summed E-state index contributed by atoms with van der Waals surface area (Å²) in [4.78, 5) is 4.03. The summed E-state index contributed by atoms with van der Waals surface area (Å²) >= 11 is 0. The number of hydrogen-bond donors (Lipinski definition) is 1. The van der Waals surface area contributed by atoms with Crippen LogP contribution in [0.3, 0.4) is 0 Å². The van der Waals surface area contributed by atoms with Gasteiger partial charge < -0.3 is 10.1 Å². The molecule has 0 radical (unpaired) electrons. The molecule has 0 amide bonds. The first-order valence-electron chi connectivity index (χ1n) is 4.19. The molecule has 1 aromatic heterocycles. The van der Waals surface area contributed by atoms with Crippen LogP contribution in [0.1, 0.15) is 5.56 Å². The molecule has 0 aliphatic rings. The van der Waals surface area contributed by atoms with Gasteiger partial charge in [-0.3, -0.25) is 4.98 Å². The van der Waals surface area contributed by atoms with Crippen molar-refractivity contribution in [2.75, 3.05) is 13.7 Å². The first kappa shape index (κ1) is 9.74. The van der Waals surface area contributed by atoms with Crippen LogP contribution in [0, 0.1) is 0 Å². The van der Waals surface area contributed by atoms with Crippen LogP contribution >= 0.6 is 0 Å². The molecule has 0 saturated heterocycles. The minimum absolute atomic E-state index is 0.528. The Balaban J connectivity index is 2.71. The highest BCUT2D eigenvalue weighted by atomic mass is 16.5. The lowest BCUT2D eigenvalue weighted by molar-refractivity contribution is 0.358. The van der Waals surface area contributed by atoms with Gasteiger partial charge in [0.1, 0.15) is 12.4 Å². The molecule has 1 rings (SSSR count). The van der Waals surface area contributed by atoms with Crippen LogP contribution in [0.25, 0.3) is 0 Å². The third-order valence-corrected chi connectivity index (χ3v) is 1.58. The number of hydrogen-bond acceptors (Lipinski definition) is 3. The van der Waals surface area contributed by atoms with Crippen LogP contribution < -0.4 is 10.1 Å². The Hall–Kier alpha value is -1.35. The minimum atomic E-state index is 0.528. The van der Waals surface area contributed by atoms with E-state index in [0.29, 0.717) is 6.61 Å². The average molecular weight is 178 g/mol. The molecule has 0 spiro atoms. The Morgan fingerprint density at radius 1 is 1.69 bits per heavy atom. The van der Waals surface area contributed by atoms with Crippen LogP contribution in [-0.4, -0.2) is 18.6 Å². The van der Waals surface area contributed by atoms with Crippen molar-refractivity contribution in [2.24, 2.45) is 0 Å². The molecule has 0 atom stereocenters. The number of pyridine rings is 1. The molecule has 3 heteroatoms. The molecule has 13 heavy (non-hydrogen) atoms. The van der Waals surface area contributed by atoms with Crippen molar-refractivity contribution in [1.29, 1.82) is 0 Å². The molecule has 0 unspecified atom stereocenters. The Labute approximate surface area is 78.4 Å². The van der Waals surface area contributed by atoms with Crippen molar-refractivity contribution in [3.63, 3.8) is 0 Å². The van der Waals surface area contributed by atoms with E-state index in [0.717, 1.165) is 17.9 Å². The van der Waals surface area contributed by atoms with Gasteiger partial charge in [-0.15, -0.1) is 0 Å². The van der Waals surface area contributed by atoms with Crippen LogP contribution in [-0.2, 0) is 6.54 Å². The summed E-state index contributed by atoms with van der Waals surface area (Å²) < 4.78 is 5.44. The molecule has 3 nitrogen and oxygen atoms in total. The normalized spacial score (nSPS) is 9.62. The van der Waals surface area contributed by atoms with Gasteiger partial charge in [-0.1, -0.05) is 12.7 Å². The van der Waals surface area contributed by atoms with Gasteiger partial charge in [0.25, 0.3) is 0 Å². The molecule has 0 bridgehead atoms. The number of aromatic nitrogens is 1. The zero-order valence-corrected chi connectivity index (χ0v) is 7.79. The number of rotatable bonds is 5. The quantitative estimate of drug-likeness (QED) is 0.691. The van der Waals surface area contributed by atoms with Gasteiger partial charge in [-0.2, -0.15) is 0 Å². The standard InChI is InChI=1S/C10H14N2O/c1-3-6-13-10-4-5-12-8-9(10)7-11-2/h3-5,8,11H,1,6-7H2,2H3. The van der Waals surface area contributed by atoms with Crippen molar-refractivity contribution in [3.05, 3.63) is 36.7 Å². The van der Waals surface area contributed by atoms with Crippen LogP contribution in [0.5, 0.6) is 5.75 Å². The van der Waals surface area contributed by atoms with Crippen LogP contribution in [0.15, 0.2) is 31.1 Å². The van der Waals surface area contributed by atoms with E-state index in [1.165, 1.54) is 0 Å². The first-order valence-corrected chi connectivity index (χ1v) is 4.19. The van der Waals surface area contributed by atoms with E-state index < -0.39 is 0 Å². The average Bonchev–Trinajstić information content (AvgIpc) is 2.17. The van der Waals surface area contributed by atoms with E-state index in [1.807, 2.05) is 13.1 Å². The summed E-state index contributed by atoms with van der Waals surface area (Å²) in [5, 5.41) is 3.05.